The smallest absolute Gasteiger partial charge is 0.0795 e. The molecule has 3 heterocycles. The molecule has 0 aliphatic heterocycles. The predicted molar refractivity (Wildman–Crippen MR) is 86.4 cm³/mol. The van der Waals surface area contributed by atoms with Crippen LogP contribution in [0, 0.1) is 0 Å². The Morgan fingerprint density at radius 1 is 0.762 bits per heavy atom. The average molecular weight is 269 g/mol. The average Bonchev–Trinajstić information content (AvgIpc) is 3.02. The third-order valence-electron chi connectivity index (χ3n) is 4.08. The molecular formula is C18H11N3. The second-order valence-electron chi connectivity index (χ2n) is 5.28. The summed E-state index contributed by atoms with van der Waals surface area (Å²) in [7, 11) is 0. The fourth-order valence-electron chi connectivity index (χ4n) is 3.07. The van der Waals surface area contributed by atoms with Crippen LogP contribution in [0.25, 0.3) is 43.6 Å². The van der Waals surface area contributed by atoms with Gasteiger partial charge in [0, 0.05) is 34.1 Å². The molecule has 1 N–H and O–H groups in total. The van der Waals surface area contributed by atoms with Crippen LogP contribution in [-0.4, -0.2) is 15.0 Å². The van der Waals surface area contributed by atoms with Gasteiger partial charge < -0.3 is 4.98 Å². The summed E-state index contributed by atoms with van der Waals surface area (Å²) in [5.74, 6) is 0. The lowest BCUT2D eigenvalue weighted by molar-refractivity contribution is 1.42. The highest BCUT2D eigenvalue weighted by molar-refractivity contribution is 6.12. The highest BCUT2D eigenvalue weighted by atomic mass is 14.7. The van der Waals surface area contributed by atoms with E-state index in [1.54, 1.807) is 0 Å². The summed E-state index contributed by atoms with van der Waals surface area (Å²) in [6.07, 6.45) is 3.69. The van der Waals surface area contributed by atoms with Gasteiger partial charge in [0.2, 0.25) is 0 Å². The summed E-state index contributed by atoms with van der Waals surface area (Å²) in [5.41, 5.74) is 4.29. The van der Waals surface area contributed by atoms with Crippen molar-refractivity contribution in [2.24, 2.45) is 0 Å². The Morgan fingerprint density at radius 2 is 1.71 bits per heavy atom. The number of pyridine rings is 2. The van der Waals surface area contributed by atoms with Crippen molar-refractivity contribution >= 4 is 43.6 Å². The van der Waals surface area contributed by atoms with Crippen molar-refractivity contribution in [2.45, 2.75) is 0 Å². The summed E-state index contributed by atoms with van der Waals surface area (Å²) in [5, 5.41) is 4.66. The van der Waals surface area contributed by atoms with Crippen LogP contribution >= 0.6 is 0 Å². The van der Waals surface area contributed by atoms with Gasteiger partial charge in [-0.05, 0) is 35.7 Å². The zero-order valence-corrected chi connectivity index (χ0v) is 11.2. The molecule has 3 aromatic heterocycles. The maximum absolute atomic E-state index is 4.54. The van der Waals surface area contributed by atoms with Gasteiger partial charge in [0.05, 0.1) is 16.6 Å². The van der Waals surface area contributed by atoms with Crippen molar-refractivity contribution in [1.29, 1.82) is 0 Å². The van der Waals surface area contributed by atoms with Crippen LogP contribution in [0.1, 0.15) is 0 Å². The minimum absolute atomic E-state index is 1.03. The van der Waals surface area contributed by atoms with Gasteiger partial charge >= 0.3 is 0 Å². The van der Waals surface area contributed by atoms with Crippen LogP contribution in [0.2, 0.25) is 0 Å². The normalized spacial score (nSPS) is 11.8. The van der Waals surface area contributed by atoms with Crippen molar-refractivity contribution < 1.29 is 0 Å². The summed E-state index contributed by atoms with van der Waals surface area (Å²) in [6.45, 7) is 0. The van der Waals surface area contributed by atoms with Crippen LogP contribution in [-0.2, 0) is 0 Å². The molecule has 0 saturated carbocycles. The maximum atomic E-state index is 4.54. The van der Waals surface area contributed by atoms with Crippen LogP contribution in [0.4, 0.5) is 0 Å². The van der Waals surface area contributed by atoms with E-state index in [1.807, 2.05) is 18.5 Å². The van der Waals surface area contributed by atoms with Gasteiger partial charge in [-0.25, -0.2) is 0 Å². The van der Waals surface area contributed by atoms with Crippen molar-refractivity contribution in [1.82, 2.24) is 15.0 Å². The van der Waals surface area contributed by atoms with Gasteiger partial charge in [-0.2, -0.15) is 0 Å². The lowest BCUT2D eigenvalue weighted by Gasteiger charge is -2.07. The topological polar surface area (TPSA) is 41.6 Å². The summed E-state index contributed by atoms with van der Waals surface area (Å²) < 4.78 is 0. The van der Waals surface area contributed by atoms with Gasteiger partial charge in [0.15, 0.2) is 0 Å². The second-order valence-corrected chi connectivity index (χ2v) is 5.28. The number of aromatic amines is 1. The zero-order valence-electron chi connectivity index (χ0n) is 11.2. The molecule has 5 rings (SSSR count). The fourth-order valence-corrected chi connectivity index (χ4v) is 3.07. The number of hydrogen-bond acceptors (Lipinski definition) is 2. The van der Waals surface area contributed by atoms with Gasteiger partial charge in [0.1, 0.15) is 0 Å². The Hall–Kier alpha value is -2.94. The Bertz CT molecular complexity index is 1140. The number of H-pyrrole nitrogens is 1. The zero-order chi connectivity index (χ0) is 13.8. The highest BCUT2D eigenvalue weighted by Crippen LogP contribution is 2.29. The molecule has 0 bridgehead atoms. The SMILES string of the molecule is c1cnc2c(c1)ccc1[nH]c3c(ccc4nccc43)cc12. The summed E-state index contributed by atoms with van der Waals surface area (Å²) in [6, 6.07) is 16.7. The summed E-state index contributed by atoms with van der Waals surface area (Å²) in [4.78, 5) is 12.5. The molecule has 0 fully saturated rings. The van der Waals surface area contributed by atoms with Gasteiger partial charge in [-0.15, -0.1) is 0 Å². The molecule has 0 amide bonds. The van der Waals surface area contributed by atoms with Crippen molar-refractivity contribution in [3.8, 4) is 0 Å². The lowest BCUT2D eigenvalue weighted by atomic mass is 10.1. The third kappa shape index (κ3) is 1.43. The first-order valence-corrected chi connectivity index (χ1v) is 6.94. The molecule has 0 spiro atoms. The minimum atomic E-state index is 1.03. The number of aromatic nitrogens is 3. The molecule has 0 atom stereocenters. The monoisotopic (exact) mass is 269 g/mol. The Labute approximate surface area is 120 Å². The molecule has 0 aliphatic carbocycles. The number of fused-ring (bicyclic) bond motifs is 6. The van der Waals surface area contributed by atoms with E-state index in [0.717, 1.165) is 38.2 Å². The van der Waals surface area contributed by atoms with Gasteiger partial charge in [-0.1, -0.05) is 18.2 Å². The number of hydrogen-bond donors (Lipinski definition) is 1. The van der Waals surface area contributed by atoms with Crippen LogP contribution in [0.5, 0.6) is 0 Å². The molecule has 98 valence electrons. The minimum Gasteiger partial charge on any atom is -0.354 e. The number of benzene rings is 2. The third-order valence-corrected chi connectivity index (χ3v) is 4.08. The molecule has 2 aromatic carbocycles. The van der Waals surface area contributed by atoms with Crippen LogP contribution in [0.15, 0.2) is 60.9 Å². The van der Waals surface area contributed by atoms with Gasteiger partial charge in [0.25, 0.3) is 0 Å². The second kappa shape index (κ2) is 3.79. The number of nitrogens with one attached hydrogen (secondary N) is 1. The van der Waals surface area contributed by atoms with E-state index in [9.17, 15) is 0 Å². The van der Waals surface area contributed by atoms with E-state index in [4.69, 9.17) is 0 Å². The summed E-state index contributed by atoms with van der Waals surface area (Å²) >= 11 is 0. The lowest BCUT2D eigenvalue weighted by Crippen LogP contribution is -1.86. The molecule has 0 unspecified atom stereocenters. The fraction of sp³-hybridized carbons (Fsp3) is 0. The van der Waals surface area contributed by atoms with Crippen molar-refractivity contribution in [3.05, 3.63) is 60.9 Å². The van der Waals surface area contributed by atoms with Crippen molar-refractivity contribution in [2.75, 3.05) is 0 Å². The predicted octanol–water partition coefficient (Wildman–Crippen LogP) is 4.42. The van der Waals surface area contributed by atoms with E-state index >= 15 is 0 Å². The molecule has 3 heteroatoms. The first-order valence-electron chi connectivity index (χ1n) is 6.94. The highest BCUT2D eigenvalue weighted by Gasteiger charge is 2.07. The van der Waals surface area contributed by atoms with E-state index in [1.165, 1.54) is 5.39 Å². The molecule has 0 saturated heterocycles. The molecule has 0 radical (unpaired) electrons. The molecule has 3 nitrogen and oxygen atoms in total. The Kier molecular flexibility index (Phi) is 1.95. The molecular weight excluding hydrogens is 258 g/mol. The van der Waals surface area contributed by atoms with E-state index < -0.39 is 0 Å². The maximum Gasteiger partial charge on any atom is 0.0795 e. The standard InChI is InChI=1S/C18H11N3/c1-2-11-3-6-16-14(17(11)20-8-1)10-12-4-5-15-13(7-9-19-15)18(12)21-16/h1-10,21H. The van der Waals surface area contributed by atoms with E-state index in [0.29, 0.717) is 0 Å². The molecule has 5 aromatic rings. The number of nitrogens with zero attached hydrogens (tertiary/aromatic N) is 2. The van der Waals surface area contributed by atoms with Crippen LogP contribution in [0.3, 0.4) is 0 Å². The number of rotatable bonds is 0. The largest absolute Gasteiger partial charge is 0.354 e. The Balaban J connectivity index is 2.04. The molecule has 0 aliphatic rings. The Morgan fingerprint density at radius 3 is 2.71 bits per heavy atom. The van der Waals surface area contributed by atoms with Gasteiger partial charge in [-0.3, -0.25) is 9.97 Å². The van der Waals surface area contributed by atoms with Crippen molar-refractivity contribution in [3.63, 3.8) is 0 Å². The van der Waals surface area contributed by atoms with E-state index in [-0.39, 0.29) is 0 Å². The molecule has 21 heavy (non-hydrogen) atoms. The van der Waals surface area contributed by atoms with E-state index in [2.05, 4.69) is 57.4 Å². The first-order chi connectivity index (χ1) is 10.4. The quantitative estimate of drug-likeness (QED) is 0.334. The first kappa shape index (κ1) is 10.8. The van der Waals surface area contributed by atoms with Crippen LogP contribution < -0.4 is 0 Å².